The van der Waals surface area contributed by atoms with Gasteiger partial charge in [-0.25, -0.2) is 4.39 Å². The average Bonchev–Trinajstić information content (AvgIpc) is 3.44. The van der Waals surface area contributed by atoms with E-state index in [2.05, 4.69) is 274 Å². The van der Waals surface area contributed by atoms with Gasteiger partial charge in [-0.2, -0.15) is 0 Å². The first-order chi connectivity index (χ1) is 38.4. The number of hydrogen-bond acceptors (Lipinski definition) is 1. The number of anilines is 3. The molecule has 0 amide bonds. The van der Waals surface area contributed by atoms with E-state index in [-0.39, 0.29) is 11.2 Å². The Bertz CT molecular complexity index is 4470. The molecule has 0 unspecified atom stereocenters. The number of fused-ring (bicyclic) bond motifs is 10. The predicted molar refractivity (Wildman–Crippen MR) is 325 cm³/mol. The molecule has 1 nitrogen and oxygen atoms in total. The Kier molecular flexibility index (Phi) is 10.4. The monoisotopic (exact) mass is 997 g/mol. The summed E-state index contributed by atoms with van der Waals surface area (Å²) in [6.07, 6.45) is 0. The van der Waals surface area contributed by atoms with Crippen LogP contribution in [0.5, 0.6) is 0 Å². The van der Waals surface area contributed by atoms with Crippen LogP contribution in [0.2, 0.25) is 0 Å². The highest BCUT2D eigenvalue weighted by atomic mass is 19.1. The van der Waals surface area contributed by atoms with Gasteiger partial charge in [-0.05, 0) is 158 Å². The highest BCUT2D eigenvalue weighted by molar-refractivity contribution is 6.15. The maximum absolute atomic E-state index is 15.0. The van der Waals surface area contributed by atoms with Crippen LogP contribution in [0.4, 0.5) is 21.5 Å². The van der Waals surface area contributed by atoms with Gasteiger partial charge in [0.15, 0.2) is 0 Å². The second-order valence-electron chi connectivity index (χ2n) is 21.6. The van der Waals surface area contributed by atoms with Gasteiger partial charge >= 0.3 is 0 Å². The van der Waals surface area contributed by atoms with Crippen molar-refractivity contribution in [3.8, 4) is 55.6 Å². The Labute approximate surface area is 454 Å². The molecule has 0 saturated heterocycles. The van der Waals surface area contributed by atoms with Crippen molar-refractivity contribution >= 4 is 49.4 Å². The molecule has 13 aromatic carbocycles. The minimum atomic E-state index is -0.818. The molecule has 2 aliphatic carbocycles. The van der Waals surface area contributed by atoms with Crippen LogP contribution in [0.15, 0.2) is 279 Å². The molecule has 0 N–H and O–H groups in total. The highest BCUT2D eigenvalue weighted by Gasteiger charge is 2.49. The topological polar surface area (TPSA) is 3.24 Å². The Morgan fingerprint density at radius 1 is 0.321 bits per heavy atom. The highest BCUT2D eigenvalue weighted by Crippen LogP contribution is 2.62. The van der Waals surface area contributed by atoms with Gasteiger partial charge in [0.25, 0.3) is 0 Å². The van der Waals surface area contributed by atoms with Crippen molar-refractivity contribution in [1.29, 1.82) is 0 Å². The van der Waals surface area contributed by atoms with Gasteiger partial charge in [0, 0.05) is 22.2 Å². The van der Waals surface area contributed by atoms with Crippen molar-refractivity contribution in [3.63, 3.8) is 0 Å². The Balaban J connectivity index is 1.03. The molecule has 0 radical (unpaired) electrons. The summed E-state index contributed by atoms with van der Waals surface area (Å²) in [6.45, 7) is 4.73. The molecule has 0 saturated carbocycles. The SMILES string of the molecule is CC1(C)c2ccccc2-c2ccc(N(c3ccc4c(c3)C(c3ccccc3)(c3ccccc3)c3c(-c5ccc(-c6cccc7ccccc67)cc5)ccc(-c5ccc(F)cc5)c3-4)c3cc4ccccc4c4ccccc34)cc21. The molecule has 78 heavy (non-hydrogen) atoms. The normalized spacial score (nSPS) is 13.5. The van der Waals surface area contributed by atoms with Crippen molar-refractivity contribution in [2.75, 3.05) is 4.90 Å². The van der Waals surface area contributed by atoms with E-state index in [0.717, 1.165) is 61.6 Å². The van der Waals surface area contributed by atoms with Crippen molar-refractivity contribution < 1.29 is 4.39 Å². The van der Waals surface area contributed by atoms with Gasteiger partial charge in [-0.1, -0.05) is 250 Å². The van der Waals surface area contributed by atoms with Gasteiger partial charge in [-0.15, -0.1) is 0 Å². The summed E-state index contributed by atoms with van der Waals surface area (Å²) < 4.78 is 15.0. The van der Waals surface area contributed by atoms with E-state index in [9.17, 15) is 4.39 Å². The molecule has 0 bridgehead atoms. The lowest BCUT2D eigenvalue weighted by molar-refractivity contribution is 0.628. The van der Waals surface area contributed by atoms with Crippen LogP contribution in [-0.2, 0) is 10.8 Å². The Hall–Kier alpha value is -9.63. The summed E-state index contributed by atoms with van der Waals surface area (Å²) in [4.78, 5) is 2.52. The van der Waals surface area contributed by atoms with Crippen LogP contribution >= 0.6 is 0 Å². The molecule has 13 aromatic rings. The molecule has 2 heteroatoms. The minimum Gasteiger partial charge on any atom is -0.310 e. The lowest BCUT2D eigenvalue weighted by Crippen LogP contribution is -2.29. The summed E-state index contributed by atoms with van der Waals surface area (Å²) in [5, 5.41) is 7.25. The first kappa shape index (κ1) is 45.7. The quantitative estimate of drug-likeness (QED) is 0.137. The van der Waals surface area contributed by atoms with Crippen LogP contribution in [0.25, 0.3) is 88.0 Å². The lowest BCUT2D eigenvalue weighted by atomic mass is 9.65. The van der Waals surface area contributed by atoms with Crippen LogP contribution < -0.4 is 4.90 Å². The third kappa shape index (κ3) is 6.86. The molecule has 368 valence electrons. The van der Waals surface area contributed by atoms with Crippen molar-refractivity contribution in [2.24, 2.45) is 0 Å². The lowest BCUT2D eigenvalue weighted by Gasteiger charge is -2.36. The summed E-state index contributed by atoms with van der Waals surface area (Å²) in [5.74, 6) is -0.258. The van der Waals surface area contributed by atoms with E-state index >= 15 is 0 Å². The molecule has 2 aliphatic rings. The standard InChI is InChI=1S/C76H52FN/c1-75(2)69-31-16-15-28-65(69)66-42-40-57(47-70(66)75)78(72-46-53-19-10-12-26-61(53)64-27-13-14-29-67(64)72)58-41-43-68-71(48-58)76(54-21-5-3-6-22-54,55-23-7-4-8-24-55)74-63(45-44-62(73(68)74)51-36-38-56(77)39-37-51)52-34-32-50(33-35-52)60-30-17-20-49-18-9-11-25-59(49)60/h3-48H,1-2H3. The van der Waals surface area contributed by atoms with Crippen molar-refractivity contribution in [1.82, 2.24) is 0 Å². The smallest absolute Gasteiger partial charge is 0.123 e. The van der Waals surface area contributed by atoms with Gasteiger partial charge in [0.05, 0.1) is 11.1 Å². The number of rotatable bonds is 8. The number of nitrogens with zero attached hydrogens (tertiary/aromatic N) is 1. The summed E-state index contributed by atoms with van der Waals surface area (Å²) in [6, 6.07) is 102. The first-order valence-corrected chi connectivity index (χ1v) is 27.1. The zero-order valence-electron chi connectivity index (χ0n) is 43.4. The first-order valence-electron chi connectivity index (χ1n) is 27.1. The molecule has 15 rings (SSSR count). The van der Waals surface area contributed by atoms with Gasteiger partial charge in [0.2, 0.25) is 0 Å². The minimum absolute atomic E-state index is 0.214. The number of halogens is 1. The Morgan fingerprint density at radius 3 is 1.53 bits per heavy atom. The second-order valence-corrected chi connectivity index (χ2v) is 21.6. The fraction of sp³-hybridized carbons (Fsp3) is 0.0526. The van der Waals surface area contributed by atoms with Crippen molar-refractivity contribution in [3.05, 3.63) is 318 Å². The molecule has 0 aliphatic heterocycles. The third-order valence-corrected chi connectivity index (χ3v) is 17.2. The molecule has 0 spiro atoms. The zero-order valence-corrected chi connectivity index (χ0v) is 43.4. The molecule has 0 aromatic heterocycles. The summed E-state index contributed by atoms with van der Waals surface area (Å²) in [7, 11) is 0. The van der Waals surface area contributed by atoms with Gasteiger partial charge in [0.1, 0.15) is 5.82 Å². The van der Waals surface area contributed by atoms with E-state index < -0.39 is 5.41 Å². The van der Waals surface area contributed by atoms with Crippen LogP contribution in [-0.4, -0.2) is 0 Å². The van der Waals surface area contributed by atoms with E-state index in [1.165, 1.54) is 76.8 Å². The second kappa shape index (κ2) is 17.7. The summed E-state index contributed by atoms with van der Waals surface area (Å²) >= 11 is 0. The van der Waals surface area contributed by atoms with Crippen LogP contribution in [0.3, 0.4) is 0 Å². The van der Waals surface area contributed by atoms with Gasteiger partial charge in [-0.3, -0.25) is 0 Å². The maximum Gasteiger partial charge on any atom is 0.123 e. The fourth-order valence-corrected chi connectivity index (χ4v) is 13.6. The molecular formula is C76H52FN. The Morgan fingerprint density at radius 2 is 0.808 bits per heavy atom. The van der Waals surface area contributed by atoms with E-state index in [1.54, 1.807) is 12.1 Å². The molecule has 0 heterocycles. The molecular weight excluding hydrogens is 946 g/mol. The third-order valence-electron chi connectivity index (χ3n) is 17.2. The average molecular weight is 998 g/mol. The number of benzene rings is 13. The predicted octanol–water partition coefficient (Wildman–Crippen LogP) is 20.4. The maximum atomic E-state index is 15.0. The van der Waals surface area contributed by atoms with Crippen molar-refractivity contribution in [2.45, 2.75) is 24.7 Å². The fourth-order valence-electron chi connectivity index (χ4n) is 13.6. The van der Waals surface area contributed by atoms with E-state index in [0.29, 0.717) is 0 Å². The molecule has 0 fully saturated rings. The largest absolute Gasteiger partial charge is 0.310 e. The van der Waals surface area contributed by atoms with E-state index in [4.69, 9.17) is 0 Å². The van der Waals surface area contributed by atoms with Crippen LogP contribution in [0.1, 0.15) is 47.2 Å². The van der Waals surface area contributed by atoms with Gasteiger partial charge < -0.3 is 4.90 Å². The van der Waals surface area contributed by atoms with E-state index in [1.807, 2.05) is 12.1 Å². The molecule has 0 atom stereocenters. The van der Waals surface area contributed by atoms with Crippen LogP contribution in [0, 0.1) is 5.82 Å². The number of hydrogen-bond donors (Lipinski definition) is 0. The summed E-state index contributed by atoms with van der Waals surface area (Å²) in [5.41, 5.74) is 21.1. The zero-order chi connectivity index (χ0) is 52.1.